The van der Waals surface area contributed by atoms with Crippen LogP contribution in [0.1, 0.15) is 24.4 Å². The zero-order valence-corrected chi connectivity index (χ0v) is 13.8. The number of nitrogens with one attached hydrogen (secondary N) is 2. The molecule has 1 aromatic carbocycles. The van der Waals surface area contributed by atoms with E-state index in [-0.39, 0.29) is 17.7 Å². The number of H-pyrrole nitrogens is 1. The van der Waals surface area contributed by atoms with Crippen molar-refractivity contribution in [3.63, 3.8) is 0 Å². The van der Waals surface area contributed by atoms with Gasteiger partial charge in [-0.25, -0.2) is 4.98 Å². The summed E-state index contributed by atoms with van der Waals surface area (Å²) in [7, 11) is 0. The van der Waals surface area contributed by atoms with Crippen molar-refractivity contribution in [3.05, 3.63) is 39.6 Å². The molecule has 0 saturated heterocycles. The van der Waals surface area contributed by atoms with Crippen LogP contribution in [0, 0.1) is 6.92 Å². The lowest BCUT2D eigenvalue weighted by atomic mass is 10.1. The van der Waals surface area contributed by atoms with Gasteiger partial charge in [-0.3, -0.25) is 9.89 Å². The van der Waals surface area contributed by atoms with Crippen molar-refractivity contribution in [2.24, 2.45) is 0 Å². The number of benzene rings is 1. The van der Waals surface area contributed by atoms with Gasteiger partial charge in [0.25, 0.3) is 0 Å². The summed E-state index contributed by atoms with van der Waals surface area (Å²) >= 11 is 13.1. The summed E-state index contributed by atoms with van der Waals surface area (Å²) in [6.45, 7) is 3.70. The molecule has 0 aliphatic rings. The first-order valence-corrected chi connectivity index (χ1v) is 7.96. The first-order valence-electron chi connectivity index (χ1n) is 6.22. The van der Waals surface area contributed by atoms with Gasteiger partial charge in [0.15, 0.2) is 0 Å². The van der Waals surface area contributed by atoms with E-state index < -0.39 is 0 Å². The Hall–Kier alpha value is -1.24. The normalized spacial score (nSPS) is 12.2. The number of aromatic amines is 1. The number of aromatic nitrogens is 3. The third-order valence-electron chi connectivity index (χ3n) is 2.73. The van der Waals surface area contributed by atoms with Crippen molar-refractivity contribution < 1.29 is 4.79 Å². The predicted octanol–water partition coefficient (Wildman–Crippen LogP) is 3.39. The number of aryl methyl sites for hydroxylation is 1. The first-order chi connectivity index (χ1) is 9.95. The highest BCUT2D eigenvalue weighted by molar-refractivity contribution is 7.99. The van der Waals surface area contributed by atoms with Crippen LogP contribution in [-0.4, -0.2) is 26.8 Å². The minimum atomic E-state index is -0.151. The molecule has 0 radical (unpaired) electrons. The van der Waals surface area contributed by atoms with Crippen molar-refractivity contribution in [2.75, 3.05) is 5.75 Å². The SMILES string of the molecule is Cc1nc(SCC(=O)NC(C)c2ccc(Cl)c(Cl)c2)n[nH]1. The molecule has 1 heterocycles. The molecule has 0 aliphatic heterocycles. The number of halogens is 2. The van der Waals surface area contributed by atoms with E-state index in [2.05, 4.69) is 20.5 Å². The Morgan fingerprint density at radius 2 is 2.19 bits per heavy atom. The topological polar surface area (TPSA) is 70.7 Å². The Balaban J connectivity index is 1.88. The fraction of sp³-hybridized carbons (Fsp3) is 0.308. The molecule has 0 bridgehead atoms. The molecule has 0 aliphatic carbocycles. The van der Waals surface area contributed by atoms with E-state index in [0.717, 1.165) is 11.4 Å². The van der Waals surface area contributed by atoms with E-state index in [1.165, 1.54) is 11.8 Å². The van der Waals surface area contributed by atoms with E-state index in [1.807, 2.05) is 19.9 Å². The molecule has 2 N–H and O–H groups in total. The number of hydrogen-bond donors (Lipinski definition) is 2. The van der Waals surface area contributed by atoms with Crippen LogP contribution in [0.15, 0.2) is 23.4 Å². The zero-order valence-electron chi connectivity index (χ0n) is 11.5. The molecule has 2 aromatic rings. The molecule has 0 saturated carbocycles. The molecule has 21 heavy (non-hydrogen) atoms. The molecule has 2 rings (SSSR count). The standard InChI is InChI=1S/C13H14Cl2N4OS/c1-7(9-3-4-10(14)11(15)5-9)16-12(20)6-21-13-17-8(2)18-19-13/h3-5,7H,6H2,1-2H3,(H,16,20)(H,17,18,19). The monoisotopic (exact) mass is 344 g/mol. The van der Waals surface area contributed by atoms with Gasteiger partial charge < -0.3 is 5.32 Å². The number of hydrogen-bond acceptors (Lipinski definition) is 4. The summed E-state index contributed by atoms with van der Waals surface area (Å²) in [6.07, 6.45) is 0. The highest BCUT2D eigenvalue weighted by Gasteiger charge is 2.12. The molecular weight excluding hydrogens is 331 g/mol. The van der Waals surface area contributed by atoms with Crippen LogP contribution in [0.2, 0.25) is 10.0 Å². The van der Waals surface area contributed by atoms with E-state index in [0.29, 0.717) is 15.2 Å². The van der Waals surface area contributed by atoms with Gasteiger partial charge in [0.05, 0.1) is 21.8 Å². The largest absolute Gasteiger partial charge is 0.349 e. The number of amides is 1. The van der Waals surface area contributed by atoms with Crippen molar-refractivity contribution in [3.8, 4) is 0 Å². The molecule has 1 amide bonds. The minimum absolute atomic E-state index is 0.0963. The Morgan fingerprint density at radius 3 is 2.81 bits per heavy atom. The average molecular weight is 345 g/mol. The van der Waals surface area contributed by atoms with Crippen molar-refractivity contribution in [1.29, 1.82) is 0 Å². The molecular formula is C13H14Cl2N4OS. The maximum Gasteiger partial charge on any atom is 0.230 e. The predicted molar refractivity (Wildman–Crippen MR) is 84.9 cm³/mol. The maximum atomic E-state index is 11.9. The maximum absolute atomic E-state index is 11.9. The Kier molecular flexibility index (Phi) is 5.50. The van der Waals surface area contributed by atoms with Crippen LogP contribution in [-0.2, 0) is 4.79 Å². The van der Waals surface area contributed by atoms with E-state index in [1.54, 1.807) is 12.1 Å². The molecule has 1 atom stereocenters. The Morgan fingerprint density at radius 1 is 1.43 bits per heavy atom. The molecule has 5 nitrogen and oxygen atoms in total. The van der Waals surface area contributed by atoms with E-state index in [9.17, 15) is 4.79 Å². The fourth-order valence-corrected chi connectivity index (χ4v) is 2.63. The van der Waals surface area contributed by atoms with E-state index in [4.69, 9.17) is 23.2 Å². The second kappa shape index (κ2) is 7.15. The van der Waals surface area contributed by atoms with E-state index >= 15 is 0 Å². The van der Waals surface area contributed by atoms with Crippen LogP contribution in [0.4, 0.5) is 0 Å². The molecule has 0 fully saturated rings. The summed E-state index contributed by atoms with van der Waals surface area (Å²) in [6, 6.07) is 5.15. The highest BCUT2D eigenvalue weighted by Crippen LogP contribution is 2.25. The molecule has 1 aromatic heterocycles. The van der Waals surface area contributed by atoms with Gasteiger partial charge >= 0.3 is 0 Å². The smallest absolute Gasteiger partial charge is 0.230 e. The average Bonchev–Trinajstić information content (AvgIpc) is 2.85. The number of carbonyl (C=O) groups excluding carboxylic acids is 1. The molecule has 112 valence electrons. The van der Waals surface area contributed by atoms with Gasteiger partial charge in [-0.1, -0.05) is 41.0 Å². The third kappa shape index (κ3) is 4.62. The first kappa shape index (κ1) is 16.1. The lowest BCUT2D eigenvalue weighted by Gasteiger charge is -2.14. The minimum Gasteiger partial charge on any atom is -0.349 e. The quantitative estimate of drug-likeness (QED) is 0.815. The van der Waals surface area contributed by atoms with Crippen LogP contribution in [0.3, 0.4) is 0 Å². The number of thioether (sulfide) groups is 1. The van der Waals surface area contributed by atoms with Crippen LogP contribution in [0.25, 0.3) is 0 Å². The summed E-state index contributed by atoms with van der Waals surface area (Å²) in [4.78, 5) is 16.0. The summed E-state index contributed by atoms with van der Waals surface area (Å²) in [5.74, 6) is 0.881. The third-order valence-corrected chi connectivity index (χ3v) is 4.32. The Labute approximate surface area is 136 Å². The second-order valence-corrected chi connectivity index (χ2v) is 6.21. The van der Waals surface area contributed by atoms with Crippen LogP contribution < -0.4 is 5.32 Å². The van der Waals surface area contributed by atoms with Gasteiger partial charge in [0.2, 0.25) is 11.1 Å². The molecule has 0 spiro atoms. The number of rotatable bonds is 5. The summed E-state index contributed by atoms with van der Waals surface area (Å²) in [5.41, 5.74) is 0.900. The van der Waals surface area contributed by atoms with Gasteiger partial charge in [-0.2, -0.15) is 0 Å². The zero-order chi connectivity index (χ0) is 15.4. The lowest BCUT2D eigenvalue weighted by molar-refractivity contribution is -0.119. The van der Waals surface area contributed by atoms with Crippen LogP contribution in [0.5, 0.6) is 0 Å². The van der Waals surface area contributed by atoms with Gasteiger partial charge in [0, 0.05) is 0 Å². The lowest BCUT2D eigenvalue weighted by Crippen LogP contribution is -2.28. The van der Waals surface area contributed by atoms with Gasteiger partial charge in [0.1, 0.15) is 5.82 Å². The number of carbonyl (C=O) groups is 1. The summed E-state index contributed by atoms with van der Waals surface area (Å²) < 4.78 is 0. The molecule has 8 heteroatoms. The van der Waals surface area contributed by atoms with Crippen molar-refractivity contribution in [1.82, 2.24) is 20.5 Å². The Bertz CT molecular complexity index is 647. The fourth-order valence-electron chi connectivity index (χ4n) is 1.67. The second-order valence-electron chi connectivity index (χ2n) is 4.45. The summed E-state index contributed by atoms with van der Waals surface area (Å²) in [5, 5.41) is 11.1. The van der Waals surface area contributed by atoms with Crippen LogP contribution >= 0.6 is 35.0 Å². The van der Waals surface area contributed by atoms with Gasteiger partial charge in [-0.15, -0.1) is 5.10 Å². The molecule has 1 unspecified atom stereocenters. The van der Waals surface area contributed by atoms with Crippen molar-refractivity contribution >= 4 is 40.9 Å². The van der Waals surface area contributed by atoms with Crippen molar-refractivity contribution in [2.45, 2.75) is 25.0 Å². The van der Waals surface area contributed by atoms with Gasteiger partial charge in [-0.05, 0) is 31.5 Å². The number of nitrogens with zero attached hydrogens (tertiary/aromatic N) is 2. The highest BCUT2D eigenvalue weighted by atomic mass is 35.5.